The number of aromatic nitrogens is 4. The van der Waals surface area contributed by atoms with Crippen molar-refractivity contribution >= 4 is 33.6 Å². The van der Waals surface area contributed by atoms with Gasteiger partial charge in [0.05, 0.1) is 5.69 Å². The number of nitriles is 1. The summed E-state index contributed by atoms with van der Waals surface area (Å²) in [5.74, 6) is 0.640. The number of hydrogen-bond donors (Lipinski definition) is 1. The molecule has 3 aromatic heterocycles. The van der Waals surface area contributed by atoms with Gasteiger partial charge in [0.2, 0.25) is 0 Å². The molecule has 9 heteroatoms. The average molecular weight is 476 g/mol. The summed E-state index contributed by atoms with van der Waals surface area (Å²) < 4.78 is 15.3. The Morgan fingerprint density at radius 3 is 2.74 bits per heavy atom. The lowest BCUT2D eigenvalue weighted by Crippen LogP contribution is -2.38. The number of hydrogen-bond acceptors (Lipinski definition) is 7. The van der Waals surface area contributed by atoms with Crippen LogP contribution in [0, 0.1) is 24.1 Å². The molecule has 0 aliphatic carbocycles. The largest absolute Gasteiger partial charge is 0.354 e. The van der Waals surface area contributed by atoms with Crippen LogP contribution in [0.3, 0.4) is 0 Å². The highest BCUT2D eigenvalue weighted by molar-refractivity contribution is 7.16. The van der Waals surface area contributed by atoms with Crippen LogP contribution in [-0.4, -0.2) is 32.2 Å². The first-order valence-electron chi connectivity index (χ1n) is 11.6. The number of anilines is 3. The maximum absolute atomic E-state index is 13.4. The third-order valence-corrected chi connectivity index (χ3v) is 7.21. The van der Waals surface area contributed by atoms with E-state index in [1.165, 1.54) is 42.7 Å². The first kappa shape index (κ1) is 22.3. The zero-order chi connectivity index (χ0) is 23.8. The van der Waals surface area contributed by atoms with Crippen LogP contribution in [0.2, 0.25) is 0 Å². The van der Waals surface area contributed by atoms with E-state index in [2.05, 4.69) is 41.2 Å². The summed E-state index contributed by atoms with van der Waals surface area (Å²) in [6, 6.07) is 10.8. The number of aryl methyl sites for hydroxylation is 2. The Morgan fingerprint density at radius 1 is 1.24 bits per heavy atom. The second-order valence-corrected chi connectivity index (χ2v) is 9.64. The van der Waals surface area contributed by atoms with Crippen LogP contribution in [0.4, 0.5) is 21.0 Å². The minimum absolute atomic E-state index is 0.324. The monoisotopic (exact) mass is 475 g/mol. The number of fused-ring (bicyclic) bond motifs is 1. The molecule has 34 heavy (non-hydrogen) atoms. The molecule has 0 amide bonds. The van der Waals surface area contributed by atoms with E-state index in [4.69, 9.17) is 10.1 Å². The van der Waals surface area contributed by atoms with Crippen LogP contribution < -0.4 is 10.2 Å². The minimum Gasteiger partial charge on any atom is -0.354 e. The lowest BCUT2D eigenvalue weighted by Gasteiger charge is -2.34. The molecule has 4 heterocycles. The van der Waals surface area contributed by atoms with Crippen molar-refractivity contribution in [1.29, 1.82) is 5.26 Å². The second-order valence-electron chi connectivity index (χ2n) is 8.65. The fourth-order valence-electron chi connectivity index (χ4n) is 4.51. The first-order chi connectivity index (χ1) is 16.5. The molecular weight excluding hydrogens is 449 g/mol. The Kier molecular flexibility index (Phi) is 5.92. The summed E-state index contributed by atoms with van der Waals surface area (Å²) in [6.07, 6.45) is 4.31. The standard InChI is InChI=1S/C25H26FN7S/c1-4-19-23(30-25-29-22(20(14-27)34-25)17-8-10-18(26)11-9-17)24-28-21(13-16(3)33(24)31-19)32-12-6-5-7-15(32)2/h8-11,13,15H,4-7,12H2,1-3H3,(H,29,30)/t15-/m0/s1. The molecule has 5 rings (SSSR count). The Morgan fingerprint density at radius 2 is 2.03 bits per heavy atom. The maximum atomic E-state index is 13.4. The topological polar surface area (TPSA) is 82.1 Å². The van der Waals surface area contributed by atoms with E-state index >= 15 is 0 Å². The molecule has 1 aliphatic heterocycles. The second kappa shape index (κ2) is 9.03. The number of nitrogens with zero attached hydrogens (tertiary/aromatic N) is 6. The highest BCUT2D eigenvalue weighted by Gasteiger charge is 2.23. The Balaban J connectivity index is 1.57. The Hall–Kier alpha value is -3.51. The van der Waals surface area contributed by atoms with Gasteiger partial charge in [0.25, 0.3) is 0 Å². The molecule has 4 aromatic rings. The van der Waals surface area contributed by atoms with E-state index in [-0.39, 0.29) is 5.82 Å². The molecule has 1 aromatic carbocycles. The Labute approximate surface area is 201 Å². The third-order valence-electron chi connectivity index (χ3n) is 6.34. The van der Waals surface area contributed by atoms with Gasteiger partial charge in [-0.1, -0.05) is 18.3 Å². The van der Waals surface area contributed by atoms with Gasteiger partial charge in [-0.25, -0.2) is 18.9 Å². The fourth-order valence-corrected chi connectivity index (χ4v) is 5.30. The van der Waals surface area contributed by atoms with Crippen molar-refractivity contribution < 1.29 is 4.39 Å². The zero-order valence-corrected chi connectivity index (χ0v) is 20.3. The van der Waals surface area contributed by atoms with Crippen molar-refractivity contribution in [1.82, 2.24) is 19.6 Å². The van der Waals surface area contributed by atoms with Crippen LogP contribution in [0.25, 0.3) is 16.9 Å². The minimum atomic E-state index is -0.324. The van der Waals surface area contributed by atoms with Crippen LogP contribution in [0.5, 0.6) is 0 Å². The summed E-state index contributed by atoms with van der Waals surface area (Å²) >= 11 is 1.27. The number of benzene rings is 1. The molecule has 1 atom stereocenters. The van der Waals surface area contributed by atoms with Gasteiger partial charge in [-0.05, 0) is 63.8 Å². The van der Waals surface area contributed by atoms with Crippen molar-refractivity contribution in [3.63, 3.8) is 0 Å². The van der Waals surface area contributed by atoms with Gasteiger partial charge >= 0.3 is 0 Å². The van der Waals surface area contributed by atoms with Crippen molar-refractivity contribution in [2.75, 3.05) is 16.8 Å². The van der Waals surface area contributed by atoms with Gasteiger partial charge in [0, 0.05) is 29.9 Å². The van der Waals surface area contributed by atoms with Crippen LogP contribution in [0.1, 0.15) is 49.4 Å². The quantitative estimate of drug-likeness (QED) is 0.389. The number of thiazole rings is 1. The summed E-state index contributed by atoms with van der Waals surface area (Å²) in [5.41, 5.74) is 4.70. The van der Waals surface area contributed by atoms with Gasteiger partial charge in [0.15, 0.2) is 10.8 Å². The van der Waals surface area contributed by atoms with E-state index < -0.39 is 0 Å². The van der Waals surface area contributed by atoms with Crippen LogP contribution in [-0.2, 0) is 6.42 Å². The third kappa shape index (κ3) is 3.99. The summed E-state index contributed by atoms with van der Waals surface area (Å²) in [6.45, 7) is 7.36. The van der Waals surface area contributed by atoms with Gasteiger partial charge < -0.3 is 10.2 Å². The number of piperidine rings is 1. The smallest absolute Gasteiger partial charge is 0.189 e. The maximum Gasteiger partial charge on any atom is 0.189 e. The molecule has 0 bridgehead atoms. The molecule has 1 N–H and O–H groups in total. The molecule has 1 aliphatic rings. The number of halogens is 1. The average Bonchev–Trinajstić information content (AvgIpc) is 3.41. The first-order valence-corrected chi connectivity index (χ1v) is 12.4. The summed E-state index contributed by atoms with van der Waals surface area (Å²) in [7, 11) is 0. The highest BCUT2D eigenvalue weighted by Crippen LogP contribution is 2.35. The van der Waals surface area contributed by atoms with E-state index in [1.807, 2.05) is 11.4 Å². The van der Waals surface area contributed by atoms with E-state index in [1.54, 1.807) is 12.1 Å². The van der Waals surface area contributed by atoms with Gasteiger partial charge in [0.1, 0.15) is 34.0 Å². The molecular formula is C25H26FN7S. The molecule has 7 nitrogen and oxygen atoms in total. The van der Waals surface area contributed by atoms with Gasteiger partial charge in [-0.2, -0.15) is 10.4 Å². The van der Waals surface area contributed by atoms with Crippen molar-refractivity contribution in [3.05, 3.63) is 52.4 Å². The normalized spacial score (nSPS) is 16.1. The molecule has 0 saturated carbocycles. The molecule has 0 unspecified atom stereocenters. The predicted molar refractivity (Wildman–Crippen MR) is 133 cm³/mol. The van der Waals surface area contributed by atoms with Crippen molar-refractivity contribution in [2.24, 2.45) is 0 Å². The molecule has 174 valence electrons. The Bertz CT molecular complexity index is 1380. The SMILES string of the molecule is CCc1nn2c(C)cc(N3CCCC[C@@H]3C)nc2c1Nc1nc(-c2ccc(F)cc2)c(C#N)s1. The molecule has 1 saturated heterocycles. The zero-order valence-electron chi connectivity index (χ0n) is 19.5. The van der Waals surface area contributed by atoms with Crippen molar-refractivity contribution in [2.45, 2.75) is 52.5 Å². The van der Waals surface area contributed by atoms with E-state index in [9.17, 15) is 9.65 Å². The lowest BCUT2D eigenvalue weighted by molar-refractivity contribution is 0.481. The summed E-state index contributed by atoms with van der Waals surface area (Å²) in [5, 5.41) is 18.5. The lowest BCUT2D eigenvalue weighted by atomic mass is 10.0. The highest BCUT2D eigenvalue weighted by atomic mass is 32.1. The van der Waals surface area contributed by atoms with E-state index in [0.29, 0.717) is 27.3 Å². The molecule has 0 spiro atoms. The van der Waals surface area contributed by atoms with Gasteiger partial charge in [-0.3, -0.25) is 0 Å². The molecule has 0 radical (unpaired) electrons. The van der Waals surface area contributed by atoms with E-state index in [0.717, 1.165) is 41.5 Å². The van der Waals surface area contributed by atoms with Crippen LogP contribution >= 0.6 is 11.3 Å². The van der Waals surface area contributed by atoms with Crippen molar-refractivity contribution in [3.8, 4) is 17.3 Å². The number of nitrogens with one attached hydrogen (secondary N) is 1. The van der Waals surface area contributed by atoms with Crippen LogP contribution in [0.15, 0.2) is 30.3 Å². The van der Waals surface area contributed by atoms with Gasteiger partial charge in [-0.15, -0.1) is 0 Å². The molecule has 1 fully saturated rings. The summed E-state index contributed by atoms with van der Waals surface area (Å²) in [4.78, 5) is 12.5. The number of rotatable bonds is 5. The fraction of sp³-hybridized carbons (Fsp3) is 0.360. The predicted octanol–water partition coefficient (Wildman–Crippen LogP) is 5.86.